The molecule has 0 radical (unpaired) electrons. The molecule has 2 aromatic heterocycles. The molecule has 0 bridgehead atoms. The zero-order valence-corrected chi connectivity index (χ0v) is 13.7. The van der Waals surface area contributed by atoms with Crippen molar-refractivity contribution in [2.45, 2.75) is 52.0 Å². The van der Waals surface area contributed by atoms with Crippen molar-refractivity contribution in [3.05, 3.63) is 47.9 Å². The first-order valence-electron chi connectivity index (χ1n) is 7.74. The summed E-state index contributed by atoms with van der Waals surface area (Å²) in [7, 11) is 0. The highest BCUT2D eigenvalue weighted by atomic mass is 15.2. The number of rotatable bonds is 6. The van der Waals surface area contributed by atoms with Gasteiger partial charge in [-0.3, -0.25) is 4.98 Å². The van der Waals surface area contributed by atoms with Crippen molar-refractivity contribution in [2.75, 3.05) is 0 Å². The minimum absolute atomic E-state index is 0.0493. The second kappa shape index (κ2) is 7.20. The second-order valence-corrected chi connectivity index (χ2v) is 5.72. The van der Waals surface area contributed by atoms with Crippen LogP contribution in [0, 0.1) is 0 Å². The van der Waals surface area contributed by atoms with Crippen molar-refractivity contribution in [1.82, 2.24) is 15.2 Å². The summed E-state index contributed by atoms with van der Waals surface area (Å²) in [6, 6.07) is 7.71. The Bertz CT molecular complexity index is 603. The molecule has 0 amide bonds. The molecule has 116 valence electrons. The molecule has 1 atom stereocenters. The van der Waals surface area contributed by atoms with Gasteiger partial charge in [-0.05, 0) is 43.5 Å². The van der Waals surface area contributed by atoms with Crippen LogP contribution in [0.1, 0.15) is 57.8 Å². The average Bonchev–Trinajstić information content (AvgIpc) is 2.60. The fourth-order valence-electron chi connectivity index (χ4n) is 2.15. The molecule has 0 saturated carbocycles. The monoisotopic (exact) mass is 297 g/mol. The molecule has 0 aliphatic rings. The molecule has 2 rings (SSSR count). The van der Waals surface area contributed by atoms with E-state index < -0.39 is 0 Å². The predicted octanol–water partition coefficient (Wildman–Crippen LogP) is 4.79. The average molecular weight is 297 g/mol. The highest BCUT2D eigenvalue weighted by Gasteiger charge is 2.24. The molecule has 0 aliphatic carbocycles. The van der Waals surface area contributed by atoms with E-state index in [1.807, 2.05) is 31.2 Å². The molecule has 2 heterocycles. The van der Waals surface area contributed by atoms with Crippen molar-refractivity contribution < 1.29 is 0 Å². The van der Waals surface area contributed by atoms with Crippen LogP contribution in [0.4, 0.5) is 5.82 Å². The molecular weight excluding hydrogens is 274 g/mol. The van der Waals surface area contributed by atoms with Crippen molar-refractivity contribution in [3.63, 3.8) is 0 Å². The number of nitrogens with zero attached hydrogens (tertiary/aromatic N) is 5. The second-order valence-electron chi connectivity index (χ2n) is 5.72. The Morgan fingerprint density at radius 3 is 2.45 bits per heavy atom. The topological polar surface area (TPSA) is 63.4 Å². The number of pyridine rings is 1. The summed E-state index contributed by atoms with van der Waals surface area (Å²) in [5.41, 5.74) is 2.11. The fourth-order valence-corrected chi connectivity index (χ4v) is 2.15. The van der Waals surface area contributed by atoms with E-state index in [9.17, 15) is 0 Å². The molecular formula is C17H23N5. The van der Waals surface area contributed by atoms with E-state index in [0.717, 1.165) is 24.1 Å². The number of hydrogen-bond donors (Lipinski definition) is 0. The third-order valence-electron chi connectivity index (χ3n) is 4.33. The van der Waals surface area contributed by atoms with E-state index in [2.05, 4.69) is 46.2 Å². The molecule has 22 heavy (non-hydrogen) atoms. The Morgan fingerprint density at radius 2 is 1.91 bits per heavy atom. The van der Waals surface area contributed by atoms with Crippen LogP contribution in [0.3, 0.4) is 0 Å². The van der Waals surface area contributed by atoms with Crippen molar-refractivity contribution in [2.24, 2.45) is 10.2 Å². The summed E-state index contributed by atoms with van der Waals surface area (Å²) in [4.78, 5) is 4.09. The zero-order chi connectivity index (χ0) is 16.0. The lowest BCUT2D eigenvalue weighted by Gasteiger charge is -2.25. The van der Waals surface area contributed by atoms with Gasteiger partial charge >= 0.3 is 0 Å². The van der Waals surface area contributed by atoms with E-state index in [1.165, 1.54) is 0 Å². The van der Waals surface area contributed by atoms with Gasteiger partial charge in [0.2, 0.25) is 0 Å². The van der Waals surface area contributed by atoms with Gasteiger partial charge in [0.05, 0.1) is 11.7 Å². The lowest BCUT2D eigenvalue weighted by molar-refractivity contribution is 0.421. The van der Waals surface area contributed by atoms with Crippen molar-refractivity contribution >= 4 is 5.82 Å². The predicted molar refractivity (Wildman–Crippen MR) is 87.1 cm³/mol. The van der Waals surface area contributed by atoms with Gasteiger partial charge in [-0.15, -0.1) is 10.2 Å². The molecule has 0 N–H and O–H groups in total. The first kappa shape index (κ1) is 16.2. The Morgan fingerprint density at radius 1 is 1.14 bits per heavy atom. The minimum Gasteiger partial charge on any atom is -0.264 e. The number of aromatic nitrogens is 3. The third kappa shape index (κ3) is 3.72. The highest BCUT2D eigenvalue weighted by molar-refractivity contribution is 5.27. The summed E-state index contributed by atoms with van der Waals surface area (Å²) in [5.74, 6) is 0.536. The number of hydrogen-bond acceptors (Lipinski definition) is 5. The maximum atomic E-state index is 4.33. The van der Waals surface area contributed by atoms with Crippen LogP contribution in [0.15, 0.2) is 46.9 Å². The van der Waals surface area contributed by atoms with Crippen LogP contribution in [0.25, 0.3) is 0 Å². The summed E-state index contributed by atoms with van der Waals surface area (Å²) in [6.07, 6.45) is 5.62. The third-order valence-corrected chi connectivity index (χ3v) is 4.33. The largest absolute Gasteiger partial charge is 0.264 e. The van der Waals surface area contributed by atoms with Crippen LogP contribution in [0.2, 0.25) is 0 Å². The zero-order valence-electron chi connectivity index (χ0n) is 13.7. The first-order valence-corrected chi connectivity index (χ1v) is 7.74. The maximum Gasteiger partial charge on any atom is 0.195 e. The van der Waals surface area contributed by atoms with Gasteiger partial charge in [-0.25, -0.2) is 0 Å². The van der Waals surface area contributed by atoms with Crippen LogP contribution in [-0.4, -0.2) is 15.2 Å². The van der Waals surface area contributed by atoms with Gasteiger partial charge in [0, 0.05) is 17.8 Å². The summed E-state index contributed by atoms with van der Waals surface area (Å²) in [6.45, 7) is 8.54. The van der Waals surface area contributed by atoms with Crippen LogP contribution < -0.4 is 0 Å². The van der Waals surface area contributed by atoms with E-state index >= 15 is 0 Å². The van der Waals surface area contributed by atoms with Crippen molar-refractivity contribution in [1.29, 1.82) is 0 Å². The Kier molecular flexibility index (Phi) is 5.31. The minimum atomic E-state index is -0.0493. The molecule has 1 unspecified atom stereocenters. The van der Waals surface area contributed by atoms with E-state index in [1.54, 1.807) is 12.4 Å². The smallest absolute Gasteiger partial charge is 0.195 e. The molecule has 2 aromatic rings. The molecule has 0 aromatic carbocycles. The fraction of sp³-hybridized carbons (Fsp3) is 0.471. The summed E-state index contributed by atoms with van der Waals surface area (Å²) >= 11 is 0. The maximum absolute atomic E-state index is 4.33. The van der Waals surface area contributed by atoms with Gasteiger partial charge < -0.3 is 0 Å². The Balaban J connectivity index is 2.10. The highest BCUT2D eigenvalue weighted by Crippen LogP contribution is 2.29. The van der Waals surface area contributed by atoms with Gasteiger partial charge in [0.15, 0.2) is 5.82 Å². The van der Waals surface area contributed by atoms with Crippen LogP contribution in [-0.2, 0) is 5.41 Å². The van der Waals surface area contributed by atoms with Gasteiger partial charge in [-0.1, -0.05) is 26.8 Å². The molecule has 0 saturated heterocycles. The van der Waals surface area contributed by atoms with Crippen molar-refractivity contribution in [3.8, 4) is 0 Å². The molecule has 5 heteroatoms. The molecule has 0 spiro atoms. The Labute approximate surface area is 131 Å². The summed E-state index contributed by atoms with van der Waals surface area (Å²) < 4.78 is 0. The van der Waals surface area contributed by atoms with E-state index in [4.69, 9.17) is 0 Å². The van der Waals surface area contributed by atoms with Crippen LogP contribution >= 0.6 is 0 Å². The Hall–Kier alpha value is -2.17. The summed E-state index contributed by atoms with van der Waals surface area (Å²) in [5, 5.41) is 17.0. The van der Waals surface area contributed by atoms with Crippen LogP contribution in [0.5, 0.6) is 0 Å². The van der Waals surface area contributed by atoms with E-state index in [0.29, 0.717) is 5.82 Å². The van der Waals surface area contributed by atoms with Gasteiger partial charge in [0.25, 0.3) is 0 Å². The van der Waals surface area contributed by atoms with E-state index in [-0.39, 0.29) is 11.5 Å². The molecule has 0 aliphatic heterocycles. The molecule has 5 nitrogen and oxygen atoms in total. The van der Waals surface area contributed by atoms with Gasteiger partial charge in [-0.2, -0.15) is 10.2 Å². The standard InChI is InChI=1S/C17H23N5/c1-5-17(4,6-2)15-9-10-16(22-20-15)21-19-13(3)14-8-7-11-18-12-14/h7-13H,5-6H2,1-4H3. The normalized spacial score (nSPS) is 13.5. The first-order chi connectivity index (χ1) is 10.6. The lowest BCUT2D eigenvalue weighted by Crippen LogP contribution is -2.21. The quantitative estimate of drug-likeness (QED) is 0.720. The van der Waals surface area contributed by atoms with Gasteiger partial charge in [0.1, 0.15) is 0 Å². The lowest BCUT2D eigenvalue weighted by atomic mass is 9.81. The molecule has 0 fully saturated rings. The SMILES string of the molecule is CCC(C)(CC)c1ccc(N=NC(C)c2cccnc2)nn1. The number of azo groups is 1.